The Morgan fingerprint density at radius 3 is 1.59 bits per heavy atom. The summed E-state index contributed by atoms with van der Waals surface area (Å²) in [5, 5.41) is 0. The molecule has 0 spiro atoms. The van der Waals surface area contributed by atoms with Gasteiger partial charge in [0, 0.05) is 5.56 Å². The second kappa shape index (κ2) is 6.82. The number of fused-ring (bicyclic) bond motifs is 3. The summed E-state index contributed by atoms with van der Waals surface area (Å²) >= 11 is 0. The summed E-state index contributed by atoms with van der Waals surface area (Å²) < 4.78 is 11.3. The molecule has 0 N–H and O–H groups in total. The van der Waals surface area contributed by atoms with Crippen molar-refractivity contribution in [2.75, 3.05) is 14.2 Å². The molecule has 0 bridgehead atoms. The van der Waals surface area contributed by atoms with E-state index in [0.29, 0.717) is 0 Å². The second-order valence-electron chi connectivity index (χ2n) is 7.27. The quantitative estimate of drug-likeness (QED) is 0.378. The van der Waals surface area contributed by atoms with Gasteiger partial charge >= 0.3 is 0 Å². The average Bonchev–Trinajstić information content (AvgIpc) is 3.10. The van der Waals surface area contributed by atoms with Crippen LogP contribution in [0.1, 0.15) is 22.3 Å². The zero-order valence-corrected chi connectivity index (χ0v) is 16.6. The maximum Gasteiger partial charge on any atom is 0.123 e. The molecule has 0 aromatic heterocycles. The number of rotatable bonds is 4. The topological polar surface area (TPSA) is 18.5 Å². The zero-order chi connectivity index (χ0) is 19.8. The molecule has 0 saturated heterocycles. The van der Waals surface area contributed by atoms with Gasteiger partial charge in [-0.15, -0.1) is 0 Å². The van der Waals surface area contributed by atoms with Crippen molar-refractivity contribution in [1.82, 2.24) is 0 Å². The van der Waals surface area contributed by atoms with E-state index < -0.39 is 5.41 Å². The highest BCUT2D eigenvalue weighted by Crippen LogP contribution is 2.57. The van der Waals surface area contributed by atoms with Crippen molar-refractivity contribution in [3.63, 3.8) is 0 Å². The smallest absolute Gasteiger partial charge is 0.123 e. The van der Waals surface area contributed by atoms with E-state index in [1.165, 1.54) is 27.8 Å². The molecule has 142 valence electrons. The zero-order valence-electron chi connectivity index (χ0n) is 16.6. The summed E-state index contributed by atoms with van der Waals surface area (Å²) in [6.07, 6.45) is 0. The van der Waals surface area contributed by atoms with Crippen LogP contribution < -0.4 is 9.47 Å². The van der Waals surface area contributed by atoms with Gasteiger partial charge in [-0.1, -0.05) is 78.9 Å². The lowest BCUT2D eigenvalue weighted by Crippen LogP contribution is -2.29. The molecule has 0 atom stereocenters. The predicted octanol–water partition coefficient (Wildman–Crippen LogP) is 6.07. The molecule has 4 aromatic rings. The standard InChI is InChI=1S/C27H22O2/c1-28-20-17-15-19(16-18-20)27(25-13-7-8-14-26(25)29-2)23-11-5-3-9-21(23)22-10-4-6-12-24(22)27/h3-18H,1-2H3. The molecule has 2 heteroatoms. The van der Waals surface area contributed by atoms with Gasteiger partial charge < -0.3 is 9.47 Å². The number of hydrogen-bond donors (Lipinski definition) is 0. The summed E-state index contributed by atoms with van der Waals surface area (Å²) in [6.45, 7) is 0. The number of ether oxygens (including phenoxy) is 2. The van der Waals surface area contributed by atoms with Crippen molar-refractivity contribution in [2.45, 2.75) is 5.41 Å². The number of benzene rings is 4. The van der Waals surface area contributed by atoms with E-state index in [1.54, 1.807) is 14.2 Å². The SMILES string of the molecule is COc1ccc(C2(c3ccccc3OC)c3ccccc3-c3ccccc32)cc1. The predicted molar refractivity (Wildman–Crippen MR) is 117 cm³/mol. The Balaban J connectivity index is 1.94. The van der Waals surface area contributed by atoms with Crippen LogP contribution in [0.5, 0.6) is 11.5 Å². The first-order chi connectivity index (χ1) is 14.3. The highest BCUT2D eigenvalue weighted by molar-refractivity contribution is 5.86. The van der Waals surface area contributed by atoms with Crippen LogP contribution in [-0.4, -0.2) is 14.2 Å². The average molecular weight is 378 g/mol. The molecule has 29 heavy (non-hydrogen) atoms. The van der Waals surface area contributed by atoms with Crippen LogP contribution in [0.15, 0.2) is 97.1 Å². The second-order valence-corrected chi connectivity index (χ2v) is 7.27. The number of methoxy groups -OCH3 is 2. The fraction of sp³-hybridized carbons (Fsp3) is 0.111. The molecule has 0 heterocycles. The number of para-hydroxylation sites is 1. The van der Waals surface area contributed by atoms with E-state index in [-0.39, 0.29) is 0 Å². The van der Waals surface area contributed by atoms with Crippen LogP contribution in [0.4, 0.5) is 0 Å². The van der Waals surface area contributed by atoms with Crippen LogP contribution in [0, 0.1) is 0 Å². The fourth-order valence-electron chi connectivity index (χ4n) is 4.79. The Hall–Kier alpha value is -3.52. The van der Waals surface area contributed by atoms with Gasteiger partial charge in [-0.3, -0.25) is 0 Å². The van der Waals surface area contributed by atoms with Crippen molar-refractivity contribution < 1.29 is 9.47 Å². The lowest BCUT2D eigenvalue weighted by molar-refractivity contribution is 0.405. The minimum atomic E-state index is -0.452. The van der Waals surface area contributed by atoms with Gasteiger partial charge in [-0.25, -0.2) is 0 Å². The fourth-order valence-corrected chi connectivity index (χ4v) is 4.79. The van der Waals surface area contributed by atoms with Gasteiger partial charge in [-0.05, 0) is 46.0 Å². The van der Waals surface area contributed by atoms with Gasteiger partial charge in [0.25, 0.3) is 0 Å². The minimum absolute atomic E-state index is 0.452. The van der Waals surface area contributed by atoms with E-state index in [1.807, 2.05) is 24.3 Å². The molecule has 2 nitrogen and oxygen atoms in total. The Morgan fingerprint density at radius 1 is 0.517 bits per heavy atom. The van der Waals surface area contributed by atoms with E-state index in [2.05, 4.69) is 72.8 Å². The van der Waals surface area contributed by atoms with E-state index in [9.17, 15) is 0 Å². The molecule has 1 aliphatic carbocycles. The first kappa shape index (κ1) is 17.6. The van der Waals surface area contributed by atoms with Crippen LogP contribution in [-0.2, 0) is 5.41 Å². The first-order valence-electron chi connectivity index (χ1n) is 9.78. The molecule has 0 amide bonds. The van der Waals surface area contributed by atoms with Gasteiger partial charge in [0.2, 0.25) is 0 Å². The summed E-state index contributed by atoms with van der Waals surface area (Å²) in [4.78, 5) is 0. The van der Waals surface area contributed by atoms with E-state index >= 15 is 0 Å². The molecule has 4 aromatic carbocycles. The van der Waals surface area contributed by atoms with Gasteiger partial charge in [0.05, 0.1) is 19.6 Å². The summed E-state index contributed by atoms with van der Waals surface area (Å²) in [5.41, 5.74) is 6.97. The molecule has 0 radical (unpaired) electrons. The largest absolute Gasteiger partial charge is 0.497 e. The summed E-state index contributed by atoms with van der Waals surface area (Å²) in [7, 11) is 3.44. The summed E-state index contributed by atoms with van der Waals surface area (Å²) in [6, 6.07) is 34.2. The van der Waals surface area contributed by atoms with Gasteiger partial charge in [-0.2, -0.15) is 0 Å². The lowest BCUT2D eigenvalue weighted by Gasteiger charge is -2.34. The molecule has 0 saturated carbocycles. The minimum Gasteiger partial charge on any atom is -0.497 e. The van der Waals surface area contributed by atoms with E-state index in [0.717, 1.165) is 17.1 Å². The normalized spacial score (nSPS) is 13.4. The summed E-state index contributed by atoms with van der Waals surface area (Å²) in [5.74, 6) is 1.73. The van der Waals surface area contributed by atoms with Crippen LogP contribution in [0.3, 0.4) is 0 Å². The first-order valence-corrected chi connectivity index (χ1v) is 9.78. The molecular weight excluding hydrogens is 356 g/mol. The Labute approximate surface area is 171 Å². The third-order valence-electron chi connectivity index (χ3n) is 5.99. The van der Waals surface area contributed by atoms with E-state index in [4.69, 9.17) is 9.47 Å². The Morgan fingerprint density at radius 2 is 1.03 bits per heavy atom. The Kier molecular flexibility index (Phi) is 4.13. The van der Waals surface area contributed by atoms with Crippen molar-refractivity contribution in [1.29, 1.82) is 0 Å². The maximum atomic E-state index is 5.85. The molecular formula is C27H22O2. The maximum absolute atomic E-state index is 5.85. The molecule has 0 aliphatic heterocycles. The lowest BCUT2D eigenvalue weighted by atomic mass is 9.67. The van der Waals surface area contributed by atoms with Crippen molar-refractivity contribution in [3.05, 3.63) is 119 Å². The highest BCUT2D eigenvalue weighted by atomic mass is 16.5. The van der Waals surface area contributed by atoms with Gasteiger partial charge in [0.1, 0.15) is 11.5 Å². The molecule has 0 unspecified atom stereocenters. The third-order valence-corrected chi connectivity index (χ3v) is 5.99. The Bertz CT molecular complexity index is 1130. The van der Waals surface area contributed by atoms with Crippen LogP contribution in [0.2, 0.25) is 0 Å². The van der Waals surface area contributed by atoms with Crippen molar-refractivity contribution in [2.24, 2.45) is 0 Å². The molecule has 0 fully saturated rings. The van der Waals surface area contributed by atoms with Crippen LogP contribution >= 0.6 is 0 Å². The van der Waals surface area contributed by atoms with Crippen LogP contribution in [0.25, 0.3) is 11.1 Å². The van der Waals surface area contributed by atoms with Crippen molar-refractivity contribution >= 4 is 0 Å². The molecule has 1 aliphatic rings. The van der Waals surface area contributed by atoms with Crippen molar-refractivity contribution in [3.8, 4) is 22.6 Å². The monoisotopic (exact) mass is 378 g/mol. The number of hydrogen-bond acceptors (Lipinski definition) is 2. The third kappa shape index (κ3) is 2.42. The molecule has 5 rings (SSSR count). The van der Waals surface area contributed by atoms with Gasteiger partial charge in [0.15, 0.2) is 0 Å². The highest BCUT2D eigenvalue weighted by Gasteiger charge is 2.47.